The van der Waals surface area contributed by atoms with Gasteiger partial charge in [-0.1, -0.05) is 33.3 Å². The molecule has 1 amide bonds. The summed E-state index contributed by atoms with van der Waals surface area (Å²) in [5, 5.41) is 11.2. The fourth-order valence-corrected chi connectivity index (χ4v) is 4.32. The van der Waals surface area contributed by atoms with Crippen molar-refractivity contribution in [2.75, 3.05) is 39.4 Å². The van der Waals surface area contributed by atoms with Crippen molar-refractivity contribution in [3.05, 3.63) is 59.4 Å². The van der Waals surface area contributed by atoms with E-state index in [9.17, 15) is 14.7 Å². The van der Waals surface area contributed by atoms with Gasteiger partial charge in [0.2, 0.25) is 0 Å². The average molecular weight is 496 g/mol. The highest BCUT2D eigenvalue weighted by molar-refractivity contribution is 6.46. The van der Waals surface area contributed by atoms with E-state index in [0.29, 0.717) is 48.9 Å². The molecule has 36 heavy (non-hydrogen) atoms. The van der Waals surface area contributed by atoms with Crippen LogP contribution in [0.4, 0.5) is 0 Å². The third kappa shape index (κ3) is 6.05. The summed E-state index contributed by atoms with van der Waals surface area (Å²) in [6.45, 7) is 11.7. The van der Waals surface area contributed by atoms with Crippen LogP contribution >= 0.6 is 0 Å². The second-order valence-electron chi connectivity index (χ2n) is 8.60. The molecule has 8 heteroatoms. The van der Waals surface area contributed by atoms with Crippen molar-refractivity contribution in [3.8, 4) is 11.5 Å². The highest BCUT2D eigenvalue weighted by atomic mass is 16.5. The second-order valence-corrected chi connectivity index (χ2v) is 8.60. The van der Waals surface area contributed by atoms with Gasteiger partial charge in [0, 0.05) is 31.0 Å². The minimum atomic E-state index is -0.752. The van der Waals surface area contributed by atoms with Crippen LogP contribution < -0.4 is 9.47 Å². The van der Waals surface area contributed by atoms with Gasteiger partial charge in [0.25, 0.3) is 11.7 Å². The Morgan fingerprint density at radius 1 is 1.03 bits per heavy atom. The molecule has 1 aromatic carbocycles. The lowest BCUT2D eigenvalue weighted by atomic mass is 9.95. The maximum Gasteiger partial charge on any atom is 0.295 e. The Hall–Kier alpha value is -3.39. The van der Waals surface area contributed by atoms with Crippen molar-refractivity contribution in [3.63, 3.8) is 0 Å². The van der Waals surface area contributed by atoms with E-state index in [-0.39, 0.29) is 11.3 Å². The smallest absolute Gasteiger partial charge is 0.295 e. The van der Waals surface area contributed by atoms with Gasteiger partial charge >= 0.3 is 0 Å². The van der Waals surface area contributed by atoms with Gasteiger partial charge in [0.1, 0.15) is 5.76 Å². The highest BCUT2D eigenvalue weighted by Crippen LogP contribution is 2.42. The maximum atomic E-state index is 13.3. The number of nitrogens with zero attached hydrogens (tertiary/aromatic N) is 3. The van der Waals surface area contributed by atoms with Gasteiger partial charge in [-0.15, -0.1) is 0 Å². The Bertz CT molecular complexity index is 1070. The lowest BCUT2D eigenvalue weighted by Crippen LogP contribution is -2.38. The fourth-order valence-electron chi connectivity index (χ4n) is 4.32. The molecule has 0 radical (unpaired) electrons. The first-order chi connectivity index (χ1) is 17.5. The number of aliphatic hydroxyl groups is 1. The van der Waals surface area contributed by atoms with Crippen LogP contribution in [-0.2, 0) is 9.59 Å². The first kappa shape index (κ1) is 27.2. The number of rotatable bonds is 13. The van der Waals surface area contributed by atoms with Crippen molar-refractivity contribution in [1.82, 2.24) is 14.8 Å². The number of ketones is 1. The molecular formula is C28H37N3O5. The number of amides is 1. The molecule has 1 atom stereocenters. The largest absolute Gasteiger partial charge is 0.507 e. The molecule has 3 rings (SSSR count). The zero-order valence-electron chi connectivity index (χ0n) is 21.7. The number of Topliss-reactive ketones (excluding diaryl/α,β-unsaturated/α-hetero) is 1. The topological polar surface area (TPSA) is 92.2 Å². The van der Waals surface area contributed by atoms with Crippen LogP contribution in [0.2, 0.25) is 0 Å². The molecule has 0 aliphatic carbocycles. The third-order valence-corrected chi connectivity index (χ3v) is 6.38. The number of pyridine rings is 1. The van der Waals surface area contributed by atoms with Crippen LogP contribution in [0.15, 0.2) is 48.3 Å². The summed E-state index contributed by atoms with van der Waals surface area (Å²) in [5.74, 6) is -0.376. The number of hydrogen-bond acceptors (Lipinski definition) is 7. The number of benzene rings is 1. The van der Waals surface area contributed by atoms with Crippen molar-refractivity contribution < 1.29 is 24.2 Å². The SMILES string of the molecule is CCCCOc1ccc(C2/C(=C(\O)c3ccncc3)C(=O)C(=O)N2CCN(CC)CC)cc1OCC. The summed E-state index contributed by atoms with van der Waals surface area (Å²) < 4.78 is 11.8. The number of likely N-dealkylation sites (N-methyl/N-ethyl adjacent to an activating group) is 1. The van der Waals surface area contributed by atoms with Gasteiger partial charge in [0.15, 0.2) is 11.5 Å². The number of carbonyl (C=O) groups excluding carboxylic acids is 2. The van der Waals surface area contributed by atoms with Gasteiger partial charge in [-0.25, -0.2) is 0 Å². The zero-order chi connectivity index (χ0) is 26.1. The predicted octanol–water partition coefficient (Wildman–Crippen LogP) is 4.42. The number of hydrogen-bond donors (Lipinski definition) is 1. The lowest BCUT2D eigenvalue weighted by molar-refractivity contribution is -0.140. The number of aliphatic hydroxyl groups excluding tert-OH is 1. The molecule has 0 bridgehead atoms. The average Bonchev–Trinajstić information content (AvgIpc) is 3.15. The molecule has 1 N–H and O–H groups in total. The molecule has 2 heterocycles. The summed E-state index contributed by atoms with van der Waals surface area (Å²) in [7, 11) is 0. The Morgan fingerprint density at radius 2 is 1.75 bits per heavy atom. The molecular weight excluding hydrogens is 458 g/mol. The molecule has 194 valence electrons. The Kier molecular flexibility index (Phi) is 9.87. The molecule has 1 fully saturated rings. The minimum absolute atomic E-state index is 0.0628. The molecule has 1 aliphatic rings. The van der Waals surface area contributed by atoms with Gasteiger partial charge in [-0.2, -0.15) is 0 Å². The highest BCUT2D eigenvalue weighted by Gasteiger charge is 2.46. The van der Waals surface area contributed by atoms with E-state index in [0.717, 1.165) is 25.9 Å². The summed E-state index contributed by atoms with van der Waals surface area (Å²) in [5.41, 5.74) is 1.17. The van der Waals surface area contributed by atoms with E-state index < -0.39 is 17.7 Å². The van der Waals surface area contributed by atoms with Crippen LogP contribution in [0, 0.1) is 0 Å². The van der Waals surface area contributed by atoms with Crippen molar-refractivity contribution >= 4 is 17.4 Å². The predicted molar refractivity (Wildman–Crippen MR) is 139 cm³/mol. The molecule has 8 nitrogen and oxygen atoms in total. The summed E-state index contributed by atoms with van der Waals surface area (Å²) >= 11 is 0. The van der Waals surface area contributed by atoms with Crippen molar-refractivity contribution in [1.29, 1.82) is 0 Å². The molecule has 0 saturated carbocycles. The molecule has 1 unspecified atom stereocenters. The van der Waals surface area contributed by atoms with E-state index in [1.165, 1.54) is 12.4 Å². The van der Waals surface area contributed by atoms with Crippen molar-refractivity contribution in [2.24, 2.45) is 0 Å². The van der Waals surface area contributed by atoms with Crippen LogP contribution in [0.1, 0.15) is 57.7 Å². The Labute approximate surface area is 213 Å². The molecule has 2 aromatic rings. The minimum Gasteiger partial charge on any atom is -0.507 e. The number of ether oxygens (including phenoxy) is 2. The van der Waals surface area contributed by atoms with E-state index in [2.05, 4.69) is 30.7 Å². The number of carbonyl (C=O) groups is 2. The summed E-state index contributed by atoms with van der Waals surface area (Å²) in [6, 6.07) is 7.94. The Balaban J connectivity index is 2.09. The van der Waals surface area contributed by atoms with Crippen LogP contribution in [0.3, 0.4) is 0 Å². The van der Waals surface area contributed by atoms with Gasteiger partial charge in [0.05, 0.1) is 24.8 Å². The van der Waals surface area contributed by atoms with Crippen LogP contribution in [0.25, 0.3) is 5.76 Å². The van der Waals surface area contributed by atoms with E-state index in [1.807, 2.05) is 25.1 Å². The number of likely N-dealkylation sites (tertiary alicyclic amines) is 1. The first-order valence-corrected chi connectivity index (χ1v) is 12.8. The lowest BCUT2D eigenvalue weighted by Gasteiger charge is -2.28. The molecule has 0 spiro atoms. The van der Waals surface area contributed by atoms with Crippen LogP contribution in [-0.4, -0.2) is 71.0 Å². The molecule has 1 saturated heterocycles. The zero-order valence-corrected chi connectivity index (χ0v) is 21.7. The van der Waals surface area contributed by atoms with Gasteiger partial charge in [-0.3, -0.25) is 14.6 Å². The number of aromatic nitrogens is 1. The quantitative estimate of drug-likeness (QED) is 0.190. The second kappa shape index (κ2) is 13.1. The number of unbranched alkanes of at least 4 members (excludes halogenated alkanes) is 1. The normalized spacial score (nSPS) is 17.1. The van der Waals surface area contributed by atoms with Gasteiger partial charge in [-0.05, 0) is 56.3 Å². The van der Waals surface area contributed by atoms with Crippen LogP contribution in [0.5, 0.6) is 11.5 Å². The summed E-state index contributed by atoms with van der Waals surface area (Å²) in [4.78, 5) is 34.2. The first-order valence-electron chi connectivity index (χ1n) is 12.8. The van der Waals surface area contributed by atoms with Gasteiger partial charge < -0.3 is 24.4 Å². The monoisotopic (exact) mass is 495 g/mol. The third-order valence-electron chi connectivity index (χ3n) is 6.38. The summed E-state index contributed by atoms with van der Waals surface area (Å²) in [6.07, 6.45) is 5.01. The van der Waals surface area contributed by atoms with E-state index in [4.69, 9.17) is 9.47 Å². The van der Waals surface area contributed by atoms with Crippen molar-refractivity contribution in [2.45, 2.75) is 46.6 Å². The van der Waals surface area contributed by atoms with E-state index in [1.54, 1.807) is 17.0 Å². The fraction of sp³-hybridized carbons (Fsp3) is 0.464. The maximum absolute atomic E-state index is 13.3. The van der Waals surface area contributed by atoms with E-state index >= 15 is 0 Å². The standard InChI is InChI=1S/C28H37N3O5/c1-5-9-18-36-22-11-10-21(19-23(22)35-8-4)25-24(26(32)20-12-14-29-15-13-20)27(33)28(34)31(25)17-16-30(6-2)7-3/h10-15,19,25,32H,5-9,16-18H2,1-4H3/b26-24+. The Morgan fingerprint density at radius 3 is 2.39 bits per heavy atom. The molecule has 1 aliphatic heterocycles. The molecule has 1 aromatic heterocycles.